The third-order valence-corrected chi connectivity index (χ3v) is 3.20. The van der Waals surface area contributed by atoms with Crippen LogP contribution in [0.5, 0.6) is 5.75 Å². The van der Waals surface area contributed by atoms with Crippen molar-refractivity contribution in [1.29, 1.82) is 0 Å². The molecule has 1 atom stereocenters. The molecule has 0 aliphatic heterocycles. The van der Waals surface area contributed by atoms with Crippen LogP contribution >= 0.6 is 22.6 Å². The van der Waals surface area contributed by atoms with E-state index in [4.69, 9.17) is 5.73 Å². The van der Waals surface area contributed by atoms with E-state index in [1.165, 1.54) is 11.1 Å². The molecule has 1 aromatic rings. The molecule has 12 heavy (non-hydrogen) atoms. The van der Waals surface area contributed by atoms with Crippen molar-refractivity contribution >= 4 is 22.6 Å². The topological polar surface area (TPSA) is 46.2 Å². The van der Waals surface area contributed by atoms with Crippen LogP contribution in [0.3, 0.4) is 0 Å². The zero-order chi connectivity index (χ0) is 8.72. The summed E-state index contributed by atoms with van der Waals surface area (Å²) in [5, 5.41) is 9.42. The summed E-state index contributed by atoms with van der Waals surface area (Å²) in [4.78, 5) is 0. The number of aromatic hydroxyl groups is 1. The van der Waals surface area contributed by atoms with Crippen LogP contribution in [-0.4, -0.2) is 5.11 Å². The average molecular weight is 275 g/mol. The van der Waals surface area contributed by atoms with Crippen LogP contribution in [0.1, 0.15) is 23.6 Å². The van der Waals surface area contributed by atoms with Gasteiger partial charge in [0.2, 0.25) is 0 Å². The maximum absolute atomic E-state index is 9.42. The highest BCUT2D eigenvalue weighted by Gasteiger charge is 2.20. The Morgan fingerprint density at radius 2 is 2.25 bits per heavy atom. The Morgan fingerprint density at radius 1 is 1.50 bits per heavy atom. The Labute approximate surface area is 84.9 Å². The van der Waals surface area contributed by atoms with Crippen LogP contribution in [0.2, 0.25) is 0 Å². The van der Waals surface area contributed by atoms with Gasteiger partial charge in [-0.1, -0.05) is 0 Å². The van der Waals surface area contributed by atoms with Crippen molar-refractivity contribution in [2.24, 2.45) is 5.73 Å². The normalized spacial score (nSPS) is 21.0. The monoisotopic (exact) mass is 275 g/mol. The van der Waals surface area contributed by atoms with Gasteiger partial charge in [-0.3, -0.25) is 0 Å². The summed E-state index contributed by atoms with van der Waals surface area (Å²) in [6.07, 6.45) is 2.01. The molecule has 0 aromatic heterocycles. The minimum atomic E-state index is 0.175. The molecule has 0 spiro atoms. The summed E-state index contributed by atoms with van der Waals surface area (Å²) < 4.78 is 0.892. The molecule has 64 valence electrons. The lowest BCUT2D eigenvalue weighted by Gasteiger charge is -2.05. The van der Waals surface area contributed by atoms with E-state index in [1.54, 1.807) is 0 Å². The van der Waals surface area contributed by atoms with Gasteiger partial charge in [-0.2, -0.15) is 0 Å². The SMILES string of the molecule is N[C@@H]1CCc2cc(O)c(I)cc21. The number of halogens is 1. The Hall–Kier alpha value is -0.290. The van der Waals surface area contributed by atoms with Crippen molar-refractivity contribution in [3.63, 3.8) is 0 Å². The molecule has 0 amide bonds. The van der Waals surface area contributed by atoms with E-state index in [2.05, 4.69) is 22.6 Å². The third-order valence-electron chi connectivity index (χ3n) is 2.33. The highest BCUT2D eigenvalue weighted by molar-refractivity contribution is 14.1. The van der Waals surface area contributed by atoms with E-state index in [9.17, 15) is 5.11 Å². The number of rotatable bonds is 0. The molecule has 1 aliphatic rings. The summed E-state index contributed by atoms with van der Waals surface area (Å²) in [6, 6.07) is 4.00. The smallest absolute Gasteiger partial charge is 0.129 e. The molecule has 2 nitrogen and oxygen atoms in total. The van der Waals surface area contributed by atoms with Gasteiger partial charge in [0.05, 0.1) is 3.57 Å². The molecule has 1 aliphatic carbocycles. The van der Waals surface area contributed by atoms with Gasteiger partial charge in [-0.15, -0.1) is 0 Å². The quantitative estimate of drug-likeness (QED) is 0.711. The summed E-state index contributed by atoms with van der Waals surface area (Å²) >= 11 is 2.12. The third kappa shape index (κ3) is 1.21. The van der Waals surface area contributed by atoms with Gasteiger partial charge in [0.25, 0.3) is 0 Å². The summed E-state index contributed by atoms with van der Waals surface area (Å²) in [5.41, 5.74) is 8.29. The van der Waals surface area contributed by atoms with Crippen molar-refractivity contribution in [3.05, 3.63) is 26.8 Å². The fraction of sp³-hybridized carbons (Fsp3) is 0.333. The zero-order valence-corrected chi connectivity index (χ0v) is 8.71. The molecular weight excluding hydrogens is 265 g/mol. The highest BCUT2D eigenvalue weighted by atomic mass is 127. The van der Waals surface area contributed by atoms with E-state index in [-0.39, 0.29) is 6.04 Å². The fourth-order valence-electron chi connectivity index (χ4n) is 1.65. The van der Waals surface area contributed by atoms with E-state index >= 15 is 0 Å². The molecule has 0 heterocycles. The number of phenols is 1. The van der Waals surface area contributed by atoms with Gasteiger partial charge in [0.1, 0.15) is 5.75 Å². The Morgan fingerprint density at radius 3 is 3.00 bits per heavy atom. The minimum absolute atomic E-state index is 0.175. The molecule has 0 fully saturated rings. The Bertz CT molecular complexity index is 325. The van der Waals surface area contributed by atoms with Crippen molar-refractivity contribution in [2.75, 3.05) is 0 Å². The Kier molecular flexibility index (Phi) is 2.00. The molecule has 0 saturated carbocycles. The van der Waals surface area contributed by atoms with E-state index in [0.29, 0.717) is 5.75 Å². The van der Waals surface area contributed by atoms with Crippen LogP contribution in [0.25, 0.3) is 0 Å². The largest absolute Gasteiger partial charge is 0.507 e. The van der Waals surface area contributed by atoms with E-state index in [1.807, 2.05) is 12.1 Å². The second kappa shape index (κ2) is 2.88. The predicted octanol–water partition coefficient (Wildman–Crippen LogP) is 1.94. The maximum atomic E-state index is 9.42. The Balaban J connectivity index is 2.56. The van der Waals surface area contributed by atoms with Crippen LogP contribution in [0, 0.1) is 3.57 Å². The first-order valence-corrected chi connectivity index (χ1v) is 5.03. The molecule has 1 aromatic carbocycles. The van der Waals surface area contributed by atoms with E-state index in [0.717, 1.165) is 16.4 Å². The summed E-state index contributed by atoms with van der Waals surface area (Å²) in [5.74, 6) is 0.378. The first-order valence-electron chi connectivity index (χ1n) is 3.95. The number of hydrogen-bond acceptors (Lipinski definition) is 2. The number of fused-ring (bicyclic) bond motifs is 1. The van der Waals surface area contributed by atoms with Gasteiger partial charge in [-0.05, 0) is 58.7 Å². The van der Waals surface area contributed by atoms with E-state index < -0.39 is 0 Å². The van der Waals surface area contributed by atoms with Crippen molar-refractivity contribution in [3.8, 4) is 5.75 Å². The summed E-state index contributed by atoms with van der Waals surface area (Å²) in [7, 11) is 0. The second-order valence-corrected chi connectivity index (χ2v) is 4.31. The van der Waals surface area contributed by atoms with Crippen LogP contribution < -0.4 is 5.73 Å². The summed E-state index contributed by atoms with van der Waals surface area (Å²) in [6.45, 7) is 0. The second-order valence-electron chi connectivity index (χ2n) is 3.15. The van der Waals surface area contributed by atoms with Crippen LogP contribution in [0.15, 0.2) is 12.1 Å². The first-order chi connectivity index (χ1) is 5.68. The van der Waals surface area contributed by atoms with Crippen molar-refractivity contribution in [1.82, 2.24) is 0 Å². The molecule has 2 rings (SSSR count). The lowest BCUT2D eigenvalue weighted by molar-refractivity contribution is 0.471. The number of aryl methyl sites for hydroxylation is 1. The van der Waals surface area contributed by atoms with Crippen molar-refractivity contribution in [2.45, 2.75) is 18.9 Å². The van der Waals surface area contributed by atoms with Crippen LogP contribution in [0.4, 0.5) is 0 Å². The molecule has 0 radical (unpaired) electrons. The molecule has 0 saturated heterocycles. The lowest BCUT2D eigenvalue weighted by Crippen LogP contribution is -2.05. The molecule has 3 heteroatoms. The number of hydrogen-bond donors (Lipinski definition) is 2. The highest BCUT2D eigenvalue weighted by Crippen LogP contribution is 2.34. The number of benzene rings is 1. The average Bonchev–Trinajstić information content (AvgIpc) is 2.35. The molecule has 0 unspecified atom stereocenters. The lowest BCUT2D eigenvalue weighted by atomic mass is 10.1. The molecule has 3 N–H and O–H groups in total. The molecule has 0 bridgehead atoms. The first kappa shape index (κ1) is 8.31. The minimum Gasteiger partial charge on any atom is -0.507 e. The van der Waals surface area contributed by atoms with Gasteiger partial charge in [0, 0.05) is 6.04 Å². The maximum Gasteiger partial charge on any atom is 0.129 e. The fourth-order valence-corrected chi connectivity index (χ4v) is 2.14. The number of nitrogens with two attached hydrogens (primary N) is 1. The molecular formula is C9H10INO. The number of phenolic OH excluding ortho intramolecular Hbond substituents is 1. The van der Waals surface area contributed by atoms with Crippen molar-refractivity contribution < 1.29 is 5.11 Å². The van der Waals surface area contributed by atoms with Gasteiger partial charge in [0.15, 0.2) is 0 Å². The van der Waals surface area contributed by atoms with Crippen LogP contribution in [-0.2, 0) is 6.42 Å². The van der Waals surface area contributed by atoms with Gasteiger partial charge in [-0.25, -0.2) is 0 Å². The standard InChI is InChI=1S/C9H10INO/c10-7-4-6-5(3-9(7)12)1-2-8(6)11/h3-4,8,12H,1-2,11H2/t8-/m1/s1. The zero-order valence-electron chi connectivity index (χ0n) is 6.55. The van der Waals surface area contributed by atoms with Gasteiger partial charge < -0.3 is 10.8 Å². The predicted molar refractivity (Wildman–Crippen MR) is 56.1 cm³/mol. The van der Waals surface area contributed by atoms with Gasteiger partial charge >= 0.3 is 0 Å².